The number of aromatic nitrogens is 5. The molecule has 1 aliphatic rings. The summed E-state index contributed by atoms with van der Waals surface area (Å²) in [4.78, 5) is 55.6. The van der Waals surface area contributed by atoms with E-state index in [9.17, 15) is 14.4 Å². The first kappa shape index (κ1) is 19.4. The number of amides is 1. The first-order valence-corrected chi connectivity index (χ1v) is 10.6. The van der Waals surface area contributed by atoms with Crippen LogP contribution in [0.3, 0.4) is 0 Å². The number of hydrogen-bond donors (Lipinski definition) is 0. The average molecular weight is 437 g/mol. The van der Waals surface area contributed by atoms with Crippen LogP contribution in [0.5, 0.6) is 0 Å². The van der Waals surface area contributed by atoms with E-state index in [4.69, 9.17) is 0 Å². The summed E-state index contributed by atoms with van der Waals surface area (Å²) in [7, 11) is 2.96. The van der Waals surface area contributed by atoms with E-state index in [0.717, 1.165) is 20.0 Å². The molecule has 0 atom stereocenters. The summed E-state index contributed by atoms with van der Waals surface area (Å²) in [6.45, 7) is 2.35. The Labute approximate surface area is 180 Å². The van der Waals surface area contributed by atoms with Gasteiger partial charge in [0.1, 0.15) is 21.7 Å². The van der Waals surface area contributed by atoms with Gasteiger partial charge in [-0.05, 0) is 24.3 Å². The Morgan fingerprint density at radius 1 is 1.00 bits per heavy atom. The van der Waals surface area contributed by atoms with Crippen molar-refractivity contribution in [1.82, 2.24) is 29.0 Å². The molecule has 4 aromatic rings. The van der Waals surface area contributed by atoms with Crippen LogP contribution in [0.15, 0.2) is 40.1 Å². The van der Waals surface area contributed by atoms with Gasteiger partial charge in [-0.25, -0.2) is 19.7 Å². The van der Waals surface area contributed by atoms with Crippen LogP contribution in [0.4, 0.5) is 5.13 Å². The van der Waals surface area contributed by atoms with Crippen LogP contribution in [-0.2, 0) is 14.1 Å². The van der Waals surface area contributed by atoms with Gasteiger partial charge < -0.3 is 9.80 Å². The zero-order chi connectivity index (χ0) is 21.7. The molecule has 0 spiro atoms. The molecule has 31 heavy (non-hydrogen) atoms. The predicted octanol–water partition coefficient (Wildman–Crippen LogP) is 0.599. The second-order valence-corrected chi connectivity index (χ2v) is 8.33. The van der Waals surface area contributed by atoms with Crippen molar-refractivity contribution in [2.24, 2.45) is 14.1 Å². The first-order chi connectivity index (χ1) is 14.9. The number of carbonyl (C=O) groups excluding carboxylic acids is 1. The molecule has 0 N–H and O–H groups in total. The van der Waals surface area contributed by atoms with Gasteiger partial charge >= 0.3 is 5.69 Å². The molecule has 1 aliphatic heterocycles. The highest BCUT2D eigenvalue weighted by atomic mass is 32.1. The number of pyridine rings is 2. The molecule has 5 heterocycles. The van der Waals surface area contributed by atoms with Gasteiger partial charge in [0, 0.05) is 46.5 Å². The van der Waals surface area contributed by atoms with Gasteiger partial charge in [0.25, 0.3) is 11.5 Å². The van der Waals surface area contributed by atoms with Crippen molar-refractivity contribution >= 4 is 43.8 Å². The Bertz CT molecular complexity index is 1410. The van der Waals surface area contributed by atoms with E-state index < -0.39 is 11.2 Å². The third-order valence-electron chi connectivity index (χ3n) is 5.51. The lowest BCUT2D eigenvalue weighted by atomic mass is 10.2. The molecule has 1 fully saturated rings. The molecule has 1 amide bonds. The second kappa shape index (κ2) is 7.27. The van der Waals surface area contributed by atoms with E-state index >= 15 is 0 Å². The predicted molar refractivity (Wildman–Crippen MR) is 118 cm³/mol. The number of carbonyl (C=O) groups is 1. The van der Waals surface area contributed by atoms with Crippen LogP contribution in [0, 0.1) is 0 Å². The Kier molecular flexibility index (Phi) is 4.54. The summed E-state index contributed by atoms with van der Waals surface area (Å²) in [6.07, 6.45) is 1.75. The third kappa shape index (κ3) is 3.17. The minimum Gasteiger partial charge on any atom is -0.344 e. The molecule has 0 saturated carbocycles. The standard InChI is InChI=1S/C20H19N7O3S/c1-24-15-12(17(28)25(2)20(24)30)5-6-14(22-15)18(29)26-8-10-27(11-9-26)19-23-13-4-3-7-21-16(13)31-19/h3-7H,8-11H2,1-2H3. The highest BCUT2D eigenvalue weighted by molar-refractivity contribution is 7.21. The second-order valence-electron chi connectivity index (χ2n) is 7.38. The van der Waals surface area contributed by atoms with Crippen LogP contribution in [-0.4, -0.2) is 61.1 Å². The Hall–Kier alpha value is -3.60. The summed E-state index contributed by atoms with van der Waals surface area (Å²) in [5.74, 6) is -0.222. The largest absolute Gasteiger partial charge is 0.344 e. The number of fused-ring (bicyclic) bond motifs is 2. The molecular formula is C20H19N7O3S. The number of thiazole rings is 1. The highest BCUT2D eigenvalue weighted by Gasteiger charge is 2.25. The van der Waals surface area contributed by atoms with Crippen molar-refractivity contribution in [3.63, 3.8) is 0 Å². The van der Waals surface area contributed by atoms with Crippen LogP contribution < -0.4 is 16.1 Å². The fourth-order valence-corrected chi connectivity index (χ4v) is 4.69. The molecule has 5 rings (SSSR count). The molecule has 1 saturated heterocycles. The summed E-state index contributed by atoms with van der Waals surface area (Å²) in [5.41, 5.74) is 0.392. The molecular weight excluding hydrogens is 418 g/mol. The van der Waals surface area contributed by atoms with Gasteiger partial charge in [0.15, 0.2) is 5.13 Å². The molecule has 4 aromatic heterocycles. The Morgan fingerprint density at radius 3 is 2.52 bits per heavy atom. The van der Waals surface area contributed by atoms with Gasteiger partial charge in [-0.2, -0.15) is 0 Å². The molecule has 0 aliphatic carbocycles. The fraction of sp³-hybridized carbons (Fsp3) is 0.300. The smallest absolute Gasteiger partial charge is 0.332 e. The van der Waals surface area contributed by atoms with Gasteiger partial charge in [0.2, 0.25) is 0 Å². The summed E-state index contributed by atoms with van der Waals surface area (Å²) >= 11 is 1.54. The maximum atomic E-state index is 13.0. The lowest BCUT2D eigenvalue weighted by Gasteiger charge is -2.34. The summed E-state index contributed by atoms with van der Waals surface area (Å²) < 4.78 is 2.31. The first-order valence-electron chi connectivity index (χ1n) is 9.76. The summed E-state index contributed by atoms with van der Waals surface area (Å²) in [6, 6.07) is 6.91. The maximum absolute atomic E-state index is 13.0. The highest BCUT2D eigenvalue weighted by Crippen LogP contribution is 2.27. The Balaban J connectivity index is 1.37. The molecule has 0 aromatic carbocycles. The monoisotopic (exact) mass is 437 g/mol. The van der Waals surface area contributed by atoms with E-state index in [0.29, 0.717) is 31.6 Å². The molecule has 10 nitrogen and oxygen atoms in total. The number of rotatable bonds is 2. The normalized spacial score (nSPS) is 14.5. The number of aryl methyl sites for hydroxylation is 1. The van der Waals surface area contributed by atoms with E-state index in [-0.39, 0.29) is 17.2 Å². The van der Waals surface area contributed by atoms with Crippen LogP contribution in [0.1, 0.15) is 10.5 Å². The van der Waals surface area contributed by atoms with E-state index in [1.54, 1.807) is 34.6 Å². The number of piperazine rings is 1. The van der Waals surface area contributed by atoms with Crippen molar-refractivity contribution in [2.75, 3.05) is 31.1 Å². The van der Waals surface area contributed by atoms with Crippen molar-refractivity contribution in [3.8, 4) is 0 Å². The number of nitrogens with zero attached hydrogens (tertiary/aromatic N) is 7. The van der Waals surface area contributed by atoms with Gasteiger partial charge in [-0.15, -0.1) is 0 Å². The minimum atomic E-state index is -0.478. The summed E-state index contributed by atoms with van der Waals surface area (Å²) in [5, 5.41) is 1.20. The third-order valence-corrected chi connectivity index (χ3v) is 6.55. The minimum absolute atomic E-state index is 0.208. The van der Waals surface area contributed by atoms with Crippen molar-refractivity contribution in [2.45, 2.75) is 0 Å². The lowest BCUT2D eigenvalue weighted by molar-refractivity contribution is 0.0741. The molecule has 11 heteroatoms. The van der Waals surface area contributed by atoms with Crippen molar-refractivity contribution < 1.29 is 4.79 Å². The average Bonchev–Trinajstić information content (AvgIpc) is 3.25. The van der Waals surface area contributed by atoms with E-state index in [1.807, 2.05) is 12.1 Å². The van der Waals surface area contributed by atoms with Crippen LogP contribution in [0.2, 0.25) is 0 Å². The maximum Gasteiger partial charge on any atom is 0.332 e. The molecule has 0 bridgehead atoms. The van der Waals surface area contributed by atoms with Gasteiger partial charge in [-0.3, -0.25) is 18.7 Å². The SMILES string of the molecule is Cn1c(=O)c2ccc(C(=O)N3CCN(c4nc5cccnc5s4)CC3)nc2n(C)c1=O. The molecule has 0 unspecified atom stereocenters. The topological polar surface area (TPSA) is 106 Å². The zero-order valence-corrected chi connectivity index (χ0v) is 17.8. The zero-order valence-electron chi connectivity index (χ0n) is 17.0. The van der Waals surface area contributed by atoms with Crippen molar-refractivity contribution in [3.05, 3.63) is 57.0 Å². The van der Waals surface area contributed by atoms with Gasteiger partial charge in [-0.1, -0.05) is 11.3 Å². The van der Waals surface area contributed by atoms with Crippen LogP contribution in [0.25, 0.3) is 21.4 Å². The Morgan fingerprint density at radius 2 is 1.77 bits per heavy atom. The fourth-order valence-electron chi connectivity index (χ4n) is 3.73. The van der Waals surface area contributed by atoms with E-state index in [1.165, 1.54) is 18.7 Å². The quantitative estimate of drug-likeness (QED) is 0.452. The number of anilines is 1. The van der Waals surface area contributed by atoms with Crippen LogP contribution >= 0.6 is 11.3 Å². The van der Waals surface area contributed by atoms with Gasteiger partial charge in [0.05, 0.1) is 5.39 Å². The van der Waals surface area contributed by atoms with Crippen molar-refractivity contribution in [1.29, 1.82) is 0 Å². The number of hydrogen-bond acceptors (Lipinski definition) is 8. The van der Waals surface area contributed by atoms with E-state index in [2.05, 4.69) is 19.9 Å². The molecule has 158 valence electrons. The lowest BCUT2D eigenvalue weighted by Crippen LogP contribution is -2.49. The molecule has 0 radical (unpaired) electrons.